The molecule has 1 amide bonds. The van der Waals surface area contributed by atoms with Gasteiger partial charge in [0.2, 0.25) is 0 Å². The van der Waals surface area contributed by atoms with E-state index in [1.807, 2.05) is 6.92 Å². The summed E-state index contributed by atoms with van der Waals surface area (Å²) in [5.74, 6) is -0.217. The van der Waals surface area contributed by atoms with Crippen molar-refractivity contribution in [1.29, 1.82) is 5.41 Å². The molecular weight excluding hydrogens is 380 g/mol. The van der Waals surface area contributed by atoms with Gasteiger partial charge in [-0.1, -0.05) is 24.3 Å². The second-order valence-electron chi connectivity index (χ2n) is 6.50. The number of amidine groups is 1. The van der Waals surface area contributed by atoms with E-state index in [2.05, 4.69) is 5.32 Å². The van der Waals surface area contributed by atoms with Crippen LogP contribution in [0.2, 0.25) is 0 Å². The Bertz CT molecular complexity index is 1110. The number of para-hydroxylation sites is 1. The van der Waals surface area contributed by atoms with Gasteiger partial charge in [-0.2, -0.15) is 0 Å². The van der Waals surface area contributed by atoms with Gasteiger partial charge in [0.25, 0.3) is 5.91 Å². The molecule has 0 saturated carbocycles. The SMILES string of the molecule is CCOc1ccc(C(=O)Nc2c(N)cccc2C(=O)c2cccc(C(=N)N)c2)cc1. The monoisotopic (exact) mass is 402 g/mol. The van der Waals surface area contributed by atoms with E-state index < -0.39 is 5.91 Å². The molecular formula is C23H22N4O3. The third-order valence-electron chi connectivity index (χ3n) is 4.44. The molecule has 7 heteroatoms. The molecule has 3 aromatic rings. The van der Waals surface area contributed by atoms with E-state index >= 15 is 0 Å². The van der Waals surface area contributed by atoms with Gasteiger partial charge in [-0.3, -0.25) is 15.0 Å². The lowest BCUT2D eigenvalue weighted by Crippen LogP contribution is -2.17. The van der Waals surface area contributed by atoms with Crippen LogP contribution in [0.5, 0.6) is 5.75 Å². The van der Waals surface area contributed by atoms with Crippen molar-refractivity contribution < 1.29 is 14.3 Å². The van der Waals surface area contributed by atoms with Crippen LogP contribution in [0.4, 0.5) is 11.4 Å². The van der Waals surface area contributed by atoms with Crippen molar-refractivity contribution in [1.82, 2.24) is 0 Å². The Balaban J connectivity index is 1.91. The number of amides is 1. The molecule has 3 aromatic carbocycles. The quantitative estimate of drug-likeness (QED) is 0.208. The van der Waals surface area contributed by atoms with Crippen LogP contribution in [0.1, 0.15) is 38.8 Å². The number of nitrogen functional groups attached to an aromatic ring is 2. The van der Waals surface area contributed by atoms with Crippen molar-refractivity contribution in [2.24, 2.45) is 5.73 Å². The maximum Gasteiger partial charge on any atom is 0.255 e. The molecule has 0 atom stereocenters. The molecule has 0 saturated heterocycles. The molecule has 0 heterocycles. The van der Waals surface area contributed by atoms with E-state index in [9.17, 15) is 9.59 Å². The largest absolute Gasteiger partial charge is 0.494 e. The number of nitrogens with one attached hydrogen (secondary N) is 2. The second-order valence-corrected chi connectivity index (χ2v) is 6.50. The minimum atomic E-state index is -0.400. The Labute approximate surface area is 174 Å². The van der Waals surface area contributed by atoms with Crippen molar-refractivity contribution in [3.05, 3.63) is 89.0 Å². The van der Waals surface area contributed by atoms with Crippen LogP contribution in [0, 0.1) is 5.41 Å². The first-order valence-electron chi connectivity index (χ1n) is 9.32. The zero-order valence-corrected chi connectivity index (χ0v) is 16.4. The summed E-state index contributed by atoms with van der Waals surface area (Å²) in [7, 11) is 0. The Hall–Kier alpha value is -4.13. The number of anilines is 2. The highest BCUT2D eigenvalue weighted by Crippen LogP contribution is 2.27. The average Bonchev–Trinajstić information content (AvgIpc) is 2.75. The summed E-state index contributed by atoms with van der Waals surface area (Å²) in [4.78, 5) is 25.8. The number of benzene rings is 3. The molecule has 3 rings (SSSR count). The van der Waals surface area contributed by atoms with Gasteiger partial charge in [0.05, 0.1) is 18.0 Å². The smallest absolute Gasteiger partial charge is 0.255 e. The third kappa shape index (κ3) is 4.47. The van der Waals surface area contributed by atoms with Gasteiger partial charge in [-0.05, 0) is 49.4 Å². The molecule has 30 heavy (non-hydrogen) atoms. The minimum absolute atomic E-state index is 0.138. The van der Waals surface area contributed by atoms with E-state index in [0.717, 1.165) is 0 Å². The first-order valence-corrected chi connectivity index (χ1v) is 9.32. The van der Waals surface area contributed by atoms with Crippen LogP contribution in [-0.2, 0) is 0 Å². The van der Waals surface area contributed by atoms with Crippen LogP contribution < -0.4 is 21.5 Å². The maximum atomic E-state index is 13.1. The summed E-state index contributed by atoms with van der Waals surface area (Å²) in [5, 5.41) is 10.3. The molecule has 0 aliphatic carbocycles. The van der Waals surface area contributed by atoms with Gasteiger partial charge in [-0.15, -0.1) is 0 Å². The summed E-state index contributed by atoms with van der Waals surface area (Å²) in [6.45, 7) is 2.41. The second kappa shape index (κ2) is 8.91. The molecule has 152 valence electrons. The number of ketones is 1. The van der Waals surface area contributed by atoms with Gasteiger partial charge >= 0.3 is 0 Å². The van der Waals surface area contributed by atoms with E-state index in [0.29, 0.717) is 29.0 Å². The minimum Gasteiger partial charge on any atom is -0.494 e. The van der Waals surface area contributed by atoms with Gasteiger partial charge in [0.1, 0.15) is 11.6 Å². The highest BCUT2D eigenvalue weighted by Gasteiger charge is 2.19. The average molecular weight is 402 g/mol. The normalized spacial score (nSPS) is 10.3. The van der Waals surface area contributed by atoms with Gasteiger partial charge in [0, 0.05) is 22.3 Å². The van der Waals surface area contributed by atoms with Crippen molar-refractivity contribution in [3.63, 3.8) is 0 Å². The van der Waals surface area contributed by atoms with Crippen molar-refractivity contribution in [2.75, 3.05) is 17.7 Å². The molecule has 0 radical (unpaired) electrons. The first-order chi connectivity index (χ1) is 14.4. The predicted molar refractivity (Wildman–Crippen MR) is 117 cm³/mol. The van der Waals surface area contributed by atoms with Crippen LogP contribution in [0.25, 0.3) is 0 Å². The summed E-state index contributed by atoms with van der Waals surface area (Å²) >= 11 is 0. The lowest BCUT2D eigenvalue weighted by molar-refractivity contribution is 0.102. The number of hydrogen-bond acceptors (Lipinski definition) is 5. The summed E-state index contributed by atoms with van der Waals surface area (Å²) in [6.07, 6.45) is 0. The van der Waals surface area contributed by atoms with Crippen LogP contribution in [0.15, 0.2) is 66.7 Å². The Kier molecular flexibility index (Phi) is 6.12. The molecule has 7 nitrogen and oxygen atoms in total. The highest BCUT2D eigenvalue weighted by atomic mass is 16.5. The maximum absolute atomic E-state index is 13.1. The van der Waals surface area contributed by atoms with Crippen LogP contribution in [-0.4, -0.2) is 24.1 Å². The number of carbonyl (C=O) groups is 2. The predicted octanol–water partition coefficient (Wildman–Crippen LogP) is 3.43. The number of hydrogen-bond donors (Lipinski definition) is 4. The Morgan fingerprint density at radius 1 is 0.967 bits per heavy atom. The fourth-order valence-corrected chi connectivity index (χ4v) is 2.94. The van der Waals surface area contributed by atoms with E-state index in [1.165, 1.54) is 6.07 Å². The van der Waals surface area contributed by atoms with E-state index in [1.54, 1.807) is 60.7 Å². The lowest BCUT2D eigenvalue weighted by Gasteiger charge is -2.14. The highest BCUT2D eigenvalue weighted by molar-refractivity contribution is 6.17. The molecule has 0 aromatic heterocycles. The number of nitrogens with two attached hydrogens (primary N) is 2. The molecule has 0 spiro atoms. The first kappa shape index (κ1) is 20.6. The molecule has 0 fully saturated rings. The van der Waals surface area contributed by atoms with Gasteiger partial charge in [0.15, 0.2) is 5.78 Å². The number of carbonyl (C=O) groups excluding carboxylic acids is 2. The van der Waals surface area contributed by atoms with Crippen molar-refractivity contribution >= 4 is 28.9 Å². The summed E-state index contributed by atoms with van der Waals surface area (Å²) in [6, 6.07) is 18.0. The van der Waals surface area contributed by atoms with Crippen LogP contribution in [0.3, 0.4) is 0 Å². The van der Waals surface area contributed by atoms with Gasteiger partial charge in [-0.25, -0.2) is 0 Å². The summed E-state index contributed by atoms with van der Waals surface area (Å²) in [5.41, 5.74) is 13.5. The standard InChI is InChI=1S/C23H22N4O3/c1-2-30-17-11-9-14(10-12-17)23(29)27-20-18(7-4-8-19(20)24)21(28)15-5-3-6-16(13-15)22(25)26/h3-13H,2,24H2,1H3,(H3,25,26)(H,27,29). The lowest BCUT2D eigenvalue weighted by atomic mass is 9.98. The van der Waals surface area contributed by atoms with E-state index in [-0.39, 0.29) is 28.6 Å². The zero-order chi connectivity index (χ0) is 21.7. The number of ether oxygens (including phenoxy) is 1. The number of rotatable bonds is 7. The fourth-order valence-electron chi connectivity index (χ4n) is 2.94. The Morgan fingerprint density at radius 2 is 1.63 bits per heavy atom. The topological polar surface area (TPSA) is 131 Å². The van der Waals surface area contributed by atoms with E-state index in [4.69, 9.17) is 21.6 Å². The third-order valence-corrected chi connectivity index (χ3v) is 4.44. The van der Waals surface area contributed by atoms with Crippen molar-refractivity contribution in [2.45, 2.75) is 6.92 Å². The zero-order valence-electron chi connectivity index (χ0n) is 16.4. The molecule has 0 unspecified atom stereocenters. The fraction of sp³-hybridized carbons (Fsp3) is 0.0870. The molecule has 0 aliphatic rings. The molecule has 0 aliphatic heterocycles. The van der Waals surface area contributed by atoms with Gasteiger partial charge < -0.3 is 21.5 Å². The van der Waals surface area contributed by atoms with Crippen molar-refractivity contribution in [3.8, 4) is 5.75 Å². The molecule has 0 bridgehead atoms. The molecule has 6 N–H and O–H groups in total. The van der Waals surface area contributed by atoms with Crippen LogP contribution >= 0.6 is 0 Å². The Morgan fingerprint density at radius 3 is 2.30 bits per heavy atom. The summed E-state index contributed by atoms with van der Waals surface area (Å²) < 4.78 is 5.38.